The van der Waals surface area contributed by atoms with Crippen LogP contribution in [0.5, 0.6) is 0 Å². The molecule has 1 nitrogen and oxygen atoms in total. The number of rotatable bonds is 2. The summed E-state index contributed by atoms with van der Waals surface area (Å²) in [5.74, 6) is 6.57. The Balaban J connectivity index is 1.43. The normalized spacial score (nSPS) is 10.9. The van der Waals surface area contributed by atoms with E-state index in [0.29, 0.717) is 0 Å². The van der Waals surface area contributed by atoms with Crippen molar-refractivity contribution in [3.05, 3.63) is 151 Å². The molecule has 0 atom stereocenters. The zero-order chi connectivity index (χ0) is 25.3. The molecule has 0 radical (unpaired) electrons. The van der Waals surface area contributed by atoms with Crippen molar-refractivity contribution in [2.75, 3.05) is 0 Å². The van der Waals surface area contributed by atoms with E-state index in [1.54, 1.807) is 0 Å². The second-order valence-electron chi connectivity index (χ2n) is 9.47. The Morgan fingerprint density at radius 1 is 0.421 bits per heavy atom. The third kappa shape index (κ3) is 3.90. The monoisotopic (exact) mass is 481 g/mol. The minimum atomic E-state index is 1.01. The number of nitrogens with zero attached hydrogens (tertiary/aromatic N) is 1. The molecule has 0 saturated carbocycles. The lowest BCUT2D eigenvalue weighted by Gasteiger charge is -2.18. The lowest BCUT2D eigenvalue weighted by molar-refractivity contribution is 1.36. The molecule has 7 rings (SSSR count). The highest BCUT2D eigenvalue weighted by atomic mass is 14.6. The van der Waals surface area contributed by atoms with Gasteiger partial charge in [-0.15, -0.1) is 0 Å². The molecule has 38 heavy (non-hydrogen) atoms. The van der Waals surface area contributed by atoms with Crippen molar-refractivity contribution in [1.29, 1.82) is 0 Å². The summed E-state index contributed by atoms with van der Waals surface area (Å²) in [6.07, 6.45) is 3.79. The SMILES string of the molecule is C(#Cc1ccc(-c2c3ccccc3c(-c3ccc4ccncc4c3)c3ccccc23)cc1)c1ccccc1. The molecule has 0 fully saturated rings. The highest BCUT2D eigenvalue weighted by molar-refractivity contribution is 6.21. The third-order valence-electron chi connectivity index (χ3n) is 7.16. The highest BCUT2D eigenvalue weighted by Crippen LogP contribution is 2.43. The van der Waals surface area contributed by atoms with Gasteiger partial charge in [0.15, 0.2) is 0 Å². The molecule has 7 aromatic rings. The minimum absolute atomic E-state index is 1.01. The number of hydrogen-bond donors (Lipinski definition) is 0. The van der Waals surface area contributed by atoms with Gasteiger partial charge in [-0.3, -0.25) is 4.98 Å². The Morgan fingerprint density at radius 2 is 0.947 bits per heavy atom. The molecular weight excluding hydrogens is 458 g/mol. The van der Waals surface area contributed by atoms with Gasteiger partial charge in [-0.05, 0) is 85.6 Å². The van der Waals surface area contributed by atoms with Gasteiger partial charge in [0.1, 0.15) is 0 Å². The summed E-state index contributed by atoms with van der Waals surface area (Å²) in [7, 11) is 0. The fourth-order valence-corrected chi connectivity index (χ4v) is 5.38. The van der Waals surface area contributed by atoms with Crippen LogP contribution in [0.4, 0.5) is 0 Å². The van der Waals surface area contributed by atoms with Crippen LogP contribution in [-0.4, -0.2) is 4.98 Å². The van der Waals surface area contributed by atoms with Gasteiger partial charge < -0.3 is 0 Å². The molecule has 0 N–H and O–H groups in total. The van der Waals surface area contributed by atoms with Crippen LogP contribution < -0.4 is 0 Å². The van der Waals surface area contributed by atoms with E-state index in [1.165, 1.54) is 49.2 Å². The molecule has 1 heterocycles. The van der Waals surface area contributed by atoms with Crippen molar-refractivity contribution < 1.29 is 0 Å². The molecule has 0 aliphatic rings. The molecule has 1 aromatic heterocycles. The van der Waals surface area contributed by atoms with Crippen LogP contribution in [0.2, 0.25) is 0 Å². The summed E-state index contributed by atoms with van der Waals surface area (Å²) in [5, 5.41) is 7.33. The second kappa shape index (κ2) is 9.36. The Bertz CT molecular complexity index is 1950. The van der Waals surface area contributed by atoms with Gasteiger partial charge in [-0.2, -0.15) is 0 Å². The quantitative estimate of drug-likeness (QED) is 0.177. The summed E-state index contributed by atoms with van der Waals surface area (Å²) >= 11 is 0. The summed E-state index contributed by atoms with van der Waals surface area (Å²) in [4.78, 5) is 4.35. The van der Waals surface area contributed by atoms with E-state index in [2.05, 4.69) is 114 Å². The summed E-state index contributed by atoms with van der Waals surface area (Å²) in [6.45, 7) is 0. The smallest absolute Gasteiger partial charge is 0.0346 e. The zero-order valence-electron chi connectivity index (χ0n) is 20.7. The maximum atomic E-state index is 4.35. The Morgan fingerprint density at radius 3 is 1.58 bits per heavy atom. The minimum Gasteiger partial charge on any atom is -0.264 e. The topological polar surface area (TPSA) is 12.9 Å². The van der Waals surface area contributed by atoms with Gasteiger partial charge in [-0.1, -0.05) is 103 Å². The Kier molecular flexibility index (Phi) is 5.43. The predicted octanol–water partition coefficient (Wildman–Crippen LogP) is 9.27. The fraction of sp³-hybridized carbons (Fsp3) is 0. The molecule has 6 aromatic carbocycles. The van der Waals surface area contributed by atoms with E-state index in [4.69, 9.17) is 0 Å². The third-order valence-corrected chi connectivity index (χ3v) is 7.16. The standard InChI is InChI=1S/C37H23N/c1-2-8-26(9-3-1)14-15-27-16-18-29(19-17-27)36-32-10-4-6-12-34(32)37(35-13-7-5-11-33(35)36)30-21-20-28-22-23-38-25-31(28)24-30/h1-13,16-25H. The molecule has 1 heteroatoms. The average Bonchev–Trinajstić information content (AvgIpc) is 2.99. The molecule has 0 spiro atoms. The van der Waals surface area contributed by atoms with Crippen molar-refractivity contribution in [3.63, 3.8) is 0 Å². The molecule has 0 aliphatic carbocycles. The highest BCUT2D eigenvalue weighted by Gasteiger charge is 2.16. The van der Waals surface area contributed by atoms with E-state index < -0.39 is 0 Å². The Hall–Kier alpha value is -5.19. The van der Waals surface area contributed by atoms with E-state index in [9.17, 15) is 0 Å². The molecule has 0 bridgehead atoms. The summed E-state index contributed by atoms with van der Waals surface area (Å²) < 4.78 is 0. The summed E-state index contributed by atoms with van der Waals surface area (Å²) in [5.41, 5.74) is 6.94. The second-order valence-corrected chi connectivity index (χ2v) is 9.47. The molecule has 0 amide bonds. The van der Waals surface area contributed by atoms with Crippen molar-refractivity contribution >= 4 is 32.3 Å². The maximum Gasteiger partial charge on any atom is 0.0346 e. The molecule has 0 unspecified atom stereocenters. The van der Waals surface area contributed by atoms with E-state index in [-0.39, 0.29) is 0 Å². The van der Waals surface area contributed by atoms with Crippen molar-refractivity contribution in [3.8, 4) is 34.1 Å². The van der Waals surface area contributed by atoms with Crippen LogP contribution in [-0.2, 0) is 0 Å². The van der Waals surface area contributed by atoms with E-state index >= 15 is 0 Å². The van der Waals surface area contributed by atoms with Crippen LogP contribution >= 0.6 is 0 Å². The Labute approximate surface area is 222 Å². The number of aromatic nitrogens is 1. The number of fused-ring (bicyclic) bond motifs is 3. The van der Waals surface area contributed by atoms with Gasteiger partial charge >= 0.3 is 0 Å². The van der Waals surface area contributed by atoms with E-state index in [1.807, 2.05) is 42.7 Å². The average molecular weight is 482 g/mol. The van der Waals surface area contributed by atoms with Crippen LogP contribution in [0.15, 0.2) is 140 Å². The van der Waals surface area contributed by atoms with E-state index in [0.717, 1.165) is 16.5 Å². The zero-order valence-corrected chi connectivity index (χ0v) is 20.7. The van der Waals surface area contributed by atoms with Gasteiger partial charge in [0, 0.05) is 28.9 Å². The first kappa shape index (κ1) is 22.0. The first-order chi connectivity index (χ1) is 18.8. The van der Waals surface area contributed by atoms with Crippen LogP contribution in [0, 0.1) is 11.8 Å². The van der Waals surface area contributed by atoms with Crippen LogP contribution in [0.3, 0.4) is 0 Å². The lowest BCUT2D eigenvalue weighted by Crippen LogP contribution is -1.91. The first-order valence-electron chi connectivity index (χ1n) is 12.8. The molecule has 0 aliphatic heterocycles. The van der Waals surface area contributed by atoms with Crippen molar-refractivity contribution in [2.24, 2.45) is 0 Å². The van der Waals surface area contributed by atoms with Crippen molar-refractivity contribution in [2.45, 2.75) is 0 Å². The molecule has 0 saturated heterocycles. The lowest BCUT2D eigenvalue weighted by atomic mass is 9.85. The predicted molar refractivity (Wildman–Crippen MR) is 160 cm³/mol. The van der Waals surface area contributed by atoms with Gasteiger partial charge in [0.25, 0.3) is 0 Å². The number of pyridine rings is 1. The number of hydrogen-bond acceptors (Lipinski definition) is 1. The molecular formula is C37H23N. The van der Waals surface area contributed by atoms with Crippen LogP contribution in [0.25, 0.3) is 54.6 Å². The van der Waals surface area contributed by atoms with Gasteiger partial charge in [0.2, 0.25) is 0 Å². The van der Waals surface area contributed by atoms with Gasteiger partial charge in [0.05, 0.1) is 0 Å². The maximum absolute atomic E-state index is 4.35. The van der Waals surface area contributed by atoms with Crippen LogP contribution in [0.1, 0.15) is 11.1 Å². The largest absolute Gasteiger partial charge is 0.264 e. The molecule has 176 valence electrons. The number of benzene rings is 6. The van der Waals surface area contributed by atoms with Crippen molar-refractivity contribution in [1.82, 2.24) is 4.98 Å². The first-order valence-corrected chi connectivity index (χ1v) is 12.8. The summed E-state index contributed by atoms with van der Waals surface area (Å²) in [6, 6.07) is 45.0. The van der Waals surface area contributed by atoms with Gasteiger partial charge in [-0.25, -0.2) is 0 Å². The fourth-order valence-electron chi connectivity index (χ4n) is 5.38.